The molecule has 60 heavy (non-hydrogen) atoms. The topological polar surface area (TPSA) is 236 Å². The van der Waals surface area contributed by atoms with Crippen LogP contribution in [-0.4, -0.2) is 165 Å². The molecule has 0 amide bonds. The predicted molar refractivity (Wildman–Crippen MR) is 210 cm³/mol. The first-order valence-corrected chi connectivity index (χ1v) is 22.2. The Labute approximate surface area is 352 Å². The second-order valence-corrected chi connectivity index (χ2v) is 19.9. The summed E-state index contributed by atoms with van der Waals surface area (Å²) < 4.78 is 50.3. The average Bonchev–Trinajstić information content (AvgIpc) is 3.66. The third-order valence-electron chi connectivity index (χ3n) is 16.6. The van der Waals surface area contributed by atoms with Crippen molar-refractivity contribution < 1.29 is 78.7 Å². The fourth-order valence-electron chi connectivity index (χ4n) is 13.2. The van der Waals surface area contributed by atoms with Crippen LogP contribution in [0, 0.1) is 40.4 Å². The van der Waals surface area contributed by atoms with Crippen molar-refractivity contribution in [1.82, 2.24) is 0 Å². The molecule has 4 heterocycles. The number of aliphatic hydroxyl groups excluding tert-OH is 8. The van der Waals surface area contributed by atoms with E-state index in [2.05, 4.69) is 33.4 Å². The van der Waals surface area contributed by atoms with Gasteiger partial charge in [-0.3, -0.25) is 0 Å². The first-order valence-electron chi connectivity index (χ1n) is 22.2. The van der Waals surface area contributed by atoms with Gasteiger partial charge in [-0.2, -0.15) is 0 Å². The lowest BCUT2D eigenvalue weighted by Gasteiger charge is -2.60. The number of ether oxygens (including phenoxy) is 8. The molecule has 0 bridgehead atoms. The summed E-state index contributed by atoms with van der Waals surface area (Å²) in [6.45, 7) is 14.2. The lowest BCUT2D eigenvalue weighted by Crippen LogP contribution is -2.64. The molecule has 342 valence electrons. The smallest absolute Gasteiger partial charge is 0.187 e. The molecule has 7 fully saturated rings. The lowest BCUT2D eigenvalue weighted by atomic mass is 9.46. The van der Waals surface area contributed by atoms with Gasteiger partial charge < -0.3 is 78.7 Å². The molecule has 8 rings (SSSR count). The van der Waals surface area contributed by atoms with Crippen molar-refractivity contribution in [3.8, 4) is 0 Å². The van der Waals surface area contributed by atoms with Gasteiger partial charge in [-0.15, -0.1) is 0 Å². The van der Waals surface area contributed by atoms with Gasteiger partial charge in [0.05, 0.1) is 43.7 Å². The highest BCUT2D eigenvalue weighted by Gasteiger charge is 2.69. The summed E-state index contributed by atoms with van der Waals surface area (Å²) >= 11 is 0. The SMILES string of the molecule is C=C1CC[C@@]2(OC1)O[C@H]1C[C@H]3[C@@H]4CC=C5C[C@@H](O)C[C@@H](O[C@@H]6OC[C@H](O)[C@H](O[C@H](OC)[C@H](O)[C@@H](O)[C@@H](C)O)[C@H]6O[C@@H]6O[C@@H](C)[C@H](O)[C@@H](O)[C@H]6O)[C@]5(C)[C@H]4CC[C@]3(C)[C@H]1[C@@H]2C. The molecule has 4 aliphatic carbocycles. The van der Waals surface area contributed by atoms with E-state index in [1.165, 1.54) is 21.0 Å². The average molecular weight is 855 g/mol. The van der Waals surface area contributed by atoms with Gasteiger partial charge >= 0.3 is 0 Å². The largest absolute Gasteiger partial charge is 0.393 e. The number of fused-ring (bicyclic) bond motifs is 7. The van der Waals surface area contributed by atoms with Crippen molar-refractivity contribution in [2.24, 2.45) is 40.4 Å². The zero-order valence-electron chi connectivity index (χ0n) is 35.8. The van der Waals surface area contributed by atoms with Crippen LogP contribution in [0.2, 0.25) is 0 Å². The predicted octanol–water partition coefficient (Wildman–Crippen LogP) is 1.02. The molecule has 4 saturated heterocycles. The Morgan fingerprint density at radius 2 is 1.65 bits per heavy atom. The summed E-state index contributed by atoms with van der Waals surface area (Å²) in [6.07, 6.45) is -11.8. The van der Waals surface area contributed by atoms with Crippen LogP contribution < -0.4 is 0 Å². The zero-order chi connectivity index (χ0) is 43.2. The number of rotatable bonds is 10. The highest BCUT2D eigenvalue weighted by molar-refractivity contribution is 5.29. The van der Waals surface area contributed by atoms with Crippen molar-refractivity contribution in [2.45, 2.75) is 190 Å². The van der Waals surface area contributed by atoms with Gasteiger partial charge in [0, 0.05) is 31.3 Å². The molecule has 0 aromatic carbocycles. The summed E-state index contributed by atoms with van der Waals surface area (Å²) in [6, 6.07) is 0. The summed E-state index contributed by atoms with van der Waals surface area (Å²) in [5, 5.41) is 86.5. The molecular formula is C44H70O16. The van der Waals surface area contributed by atoms with Gasteiger partial charge in [0.1, 0.15) is 48.8 Å². The van der Waals surface area contributed by atoms with Gasteiger partial charge in [-0.05, 0) is 81.5 Å². The van der Waals surface area contributed by atoms with Gasteiger partial charge in [0.15, 0.2) is 24.7 Å². The Balaban J connectivity index is 1.08. The van der Waals surface area contributed by atoms with E-state index in [1.54, 1.807) is 0 Å². The number of hydrogen-bond donors (Lipinski definition) is 8. The Kier molecular flexibility index (Phi) is 12.9. The van der Waals surface area contributed by atoms with Crippen LogP contribution in [0.25, 0.3) is 0 Å². The first-order chi connectivity index (χ1) is 28.3. The number of methoxy groups -OCH3 is 1. The molecule has 1 spiro atoms. The highest BCUT2D eigenvalue weighted by Crippen LogP contribution is 2.71. The molecule has 0 aromatic heterocycles. The Morgan fingerprint density at radius 1 is 0.900 bits per heavy atom. The van der Waals surface area contributed by atoms with Crippen LogP contribution in [0.5, 0.6) is 0 Å². The molecule has 8 N–H and O–H groups in total. The molecule has 16 heteroatoms. The molecule has 24 atom stereocenters. The van der Waals surface area contributed by atoms with Crippen LogP contribution >= 0.6 is 0 Å². The number of aliphatic hydroxyl groups is 8. The molecule has 3 saturated carbocycles. The van der Waals surface area contributed by atoms with Gasteiger partial charge in [0.2, 0.25) is 0 Å². The summed E-state index contributed by atoms with van der Waals surface area (Å²) in [5.74, 6) is 0.955. The Hall–Kier alpha value is -1.16. The van der Waals surface area contributed by atoms with Gasteiger partial charge in [-0.25, -0.2) is 0 Å². The molecule has 4 aliphatic heterocycles. The molecule has 8 aliphatic rings. The second kappa shape index (κ2) is 17.0. The van der Waals surface area contributed by atoms with Gasteiger partial charge in [-0.1, -0.05) is 44.6 Å². The van der Waals surface area contributed by atoms with E-state index in [-0.39, 0.29) is 36.4 Å². The Morgan fingerprint density at radius 3 is 2.33 bits per heavy atom. The highest BCUT2D eigenvalue weighted by atomic mass is 16.8. The monoisotopic (exact) mass is 854 g/mol. The van der Waals surface area contributed by atoms with Gasteiger partial charge in [0.25, 0.3) is 0 Å². The van der Waals surface area contributed by atoms with E-state index in [0.29, 0.717) is 30.8 Å². The zero-order valence-corrected chi connectivity index (χ0v) is 35.8. The van der Waals surface area contributed by atoms with E-state index < -0.39 is 103 Å². The molecule has 0 aromatic rings. The van der Waals surface area contributed by atoms with Crippen LogP contribution in [0.1, 0.15) is 86.0 Å². The van der Waals surface area contributed by atoms with Crippen molar-refractivity contribution in [3.63, 3.8) is 0 Å². The van der Waals surface area contributed by atoms with Crippen LogP contribution in [0.3, 0.4) is 0 Å². The van der Waals surface area contributed by atoms with Crippen LogP contribution in [-0.2, 0) is 37.9 Å². The third kappa shape index (κ3) is 7.49. The van der Waals surface area contributed by atoms with Crippen molar-refractivity contribution in [1.29, 1.82) is 0 Å². The molecule has 0 radical (unpaired) electrons. The van der Waals surface area contributed by atoms with Crippen molar-refractivity contribution in [2.75, 3.05) is 20.3 Å². The van der Waals surface area contributed by atoms with E-state index in [4.69, 9.17) is 37.9 Å². The molecule has 16 nitrogen and oxygen atoms in total. The summed E-state index contributed by atoms with van der Waals surface area (Å²) in [7, 11) is 1.22. The van der Waals surface area contributed by atoms with E-state index >= 15 is 0 Å². The number of allylic oxidation sites excluding steroid dienone is 1. The maximum atomic E-state index is 11.4. The summed E-state index contributed by atoms with van der Waals surface area (Å²) in [5.41, 5.74) is 1.75. The molecular weight excluding hydrogens is 784 g/mol. The minimum Gasteiger partial charge on any atom is -0.393 e. The third-order valence-corrected chi connectivity index (χ3v) is 16.6. The van der Waals surface area contributed by atoms with Crippen LogP contribution in [0.15, 0.2) is 23.8 Å². The summed E-state index contributed by atoms with van der Waals surface area (Å²) in [4.78, 5) is 0. The minimum atomic E-state index is -1.76. The lowest BCUT2D eigenvalue weighted by molar-refractivity contribution is -0.377. The Bertz CT molecular complexity index is 1570. The van der Waals surface area contributed by atoms with Crippen LogP contribution in [0.4, 0.5) is 0 Å². The molecule has 0 unspecified atom stereocenters. The minimum absolute atomic E-state index is 0.0465. The first kappa shape index (κ1) is 45.4. The fourth-order valence-corrected chi connectivity index (χ4v) is 13.2. The second-order valence-electron chi connectivity index (χ2n) is 19.9. The van der Waals surface area contributed by atoms with Crippen molar-refractivity contribution in [3.05, 3.63) is 23.8 Å². The normalized spacial score (nSPS) is 52.4. The standard InChI is InChI=1S/C44H70O16/c1-19-10-13-44(55-17-19)20(2)31-29(60-44)16-27-25-9-8-23-14-24(46)15-30(43(23,6)26(25)11-12-42(27,31)5)57-41-38(59-40-36(52)34(50)33(49)22(4)56-40)37(28(47)18-54-41)58-39(53-7)35(51)32(48)21(3)45/h8,20-22,24-41,45-52H,1,9-18H2,2-7H3/t20-,21+,22-,24+,25+,26-,27-,28-,29-,30+,31-,32-,33-,34+,35+,36+,37-,38+,39-,40-,41-,42-,43-,44+/m0/s1. The quantitative estimate of drug-likeness (QED) is 0.113. The van der Waals surface area contributed by atoms with E-state index in [0.717, 1.165) is 49.7 Å². The number of hydrogen-bond acceptors (Lipinski definition) is 16. The fraction of sp³-hybridized carbons (Fsp3) is 0.909. The van der Waals surface area contributed by atoms with E-state index in [9.17, 15) is 40.9 Å². The van der Waals surface area contributed by atoms with E-state index in [1.807, 2.05) is 0 Å². The maximum Gasteiger partial charge on any atom is 0.187 e. The van der Waals surface area contributed by atoms with Crippen molar-refractivity contribution >= 4 is 0 Å². The maximum absolute atomic E-state index is 11.4.